The zero-order valence-corrected chi connectivity index (χ0v) is 29.6. The molecule has 0 aliphatic carbocycles. The molecule has 0 saturated heterocycles. The predicted octanol–water partition coefficient (Wildman–Crippen LogP) is 11.2. The summed E-state index contributed by atoms with van der Waals surface area (Å²) in [5.41, 5.74) is 11.3. The summed E-state index contributed by atoms with van der Waals surface area (Å²) >= 11 is 0. The minimum atomic E-state index is 0.513. The fourth-order valence-electron chi connectivity index (χ4n) is 7.79. The maximum Gasteiger partial charge on any atom is 0.227 e. The number of benzene rings is 8. The Bertz CT molecular complexity index is 3480. The number of para-hydroxylation sites is 2. The molecule has 0 aliphatic heterocycles. The van der Waals surface area contributed by atoms with Gasteiger partial charge in [-0.1, -0.05) is 66.7 Å². The lowest BCUT2D eigenvalue weighted by Gasteiger charge is -2.25. The van der Waals surface area contributed by atoms with Crippen LogP contribution in [0.2, 0.25) is 0 Å². The molecule has 12 heteroatoms. The summed E-state index contributed by atoms with van der Waals surface area (Å²) in [7, 11) is 0. The highest BCUT2D eigenvalue weighted by Crippen LogP contribution is 2.46. The quantitative estimate of drug-likeness (QED) is 0.149. The van der Waals surface area contributed by atoms with E-state index in [9.17, 15) is 0 Å². The molecule has 0 spiro atoms. The first-order valence-electron chi connectivity index (χ1n) is 18.1. The molecular formula is C45H24N8O4. The molecule has 0 fully saturated rings. The van der Waals surface area contributed by atoms with Gasteiger partial charge in [-0.05, 0) is 142 Å². The molecule has 0 atom stereocenters. The van der Waals surface area contributed by atoms with Crippen molar-refractivity contribution in [1.29, 1.82) is 0 Å². The number of oxazole rings is 1. The number of nitrogens with zero attached hydrogens (tertiary/aromatic N) is 8. The molecule has 0 aliphatic rings. The van der Waals surface area contributed by atoms with Crippen LogP contribution in [-0.2, 0) is 0 Å². The van der Waals surface area contributed by atoms with E-state index in [0.29, 0.717) is 56.1 Å². The Morgan fingerprint density at radius 3 is 1.68 bits per heavy atom. The van der Waals surface area contributed by atoms with Gasteiger partial charge in [-0.15, -0.1) is 0 Å². The fourth-order valence-corrected chi connectivity index (χ4v) is 7.79. The minimum absolute atomic E-state index is 0.513. The second-order valence-corrected chi connectivity index (χ2v) is 13.8. The molecule has 12 nitrogen and oxygen atoms in total. The maximum atomic E-state index is 6.01. The summed E-state index contributed by atoms with van der Waals surface area (Å²) < 4.78 is 22.2. The van der Waals surface area contributed by atoms with Crippen molar-refractivity contribution in [2.24, 2.45) is 0 Å². The monoisotopic (exact) mass is 740 g/mol. The van der Waals surface area contributed by atoms with E-state index in [1.165, 1.54) is 10.8 Å². The second kappa shape index (κ2) is 12.1. The minimum Gasteiger partial charge on any atom is -0.436 e. The van der Waals surface area contributed by atoms with Gasteiger partial charge in [-0.2, -0.15) is 0 Å². The molecule has 12 aromatic rings. The van der Waals surface area contributed by atoms with Crippen LogP contribution in [0, 0.1) is 0 Å². The summed E-state index contributed by atoms with van der Waals surface area (Å²) in [6.07, 6.45) is 0. The van der Waals surface area contributed by atoms with Crippen molar-refractivity contribution in [2.45, 2.75) is 0 Å². The molecule has 0 N–H and O–H groups in total. The highest BCUT2D eigenvalue weighted by atomic mass is 16.6. The zero-order valence-electron chi connectivity index (χ0n) is 29.6. The van der Waals surface area contributed by atoms with Gasteiger partial charge in [0.25, 0.3) is 0 Å². The Kier molecular flexibility index (Phi) is 6.63. The number of anilines is 3. The van der Waals surface area contributed by atoms with Gasteiger partial charge in [0, 0.05) is 16.7 Å². The summed E-state index contributed by atoms with van der Waals surface area (Å²) in [5.74, 6) is 0.549. The lowest BCUT2D eigenvalue weighted by atomic mass is 9.97. The van der Waals surface area contributed by atoms with Crippen molar-refractivity contribution in [1.82, 2.24) is 35.9 Å². The van der Waals surface area contributed by atoms with E-state index in [1.807, 2.05) is 95.9 Å². The second-order valence-electron chi connectivity index (χ2n) is 13.8. The first-order chi connectivity index (χ1) is 28.2. The van der Waals surface area contributed by atoms with Crippen LogP contribution in [0.3, 0.4) is 0 Å². The number of fused-ring (bicyclic) bond motifs is 6. The molecule has 12 rings (SSSR count). The highest BCUT2D eigenvalue weighted by molar-refractivity contribution is 6.10. The van der Waals surface area contributed by atoms with Gasteiger partial charge in [-0.3, -0.25) is 0 Å². The van der Waals surface area contributed by atoms with Crippen LogP contribution < -0.4 is 4.90 Å². The van der Waals surface area contributed by atoms with E-state index in [2.05, 4.69) is 90.5 Å². The van der Waals surface area contributed by atoms with Crippen molar-refractivity contribution in [3.63, 3.8) is 0 Å². The van der Waals surface area contributed by atoms with Crippen LogP contribution in [0.5, 0.6) is 0 Å². The van der Waals surface area contributed by atoms with Crippen molar-refractivity contribution >= 4 is 82.8 Å². The van der Waals surface area contributed by atoms with E-state index < -0.39 is 0 Å². The van der Waals surface area contributed by atoms with Crippen molar-refractivity contribution in [2.75, 3.05) is 4.90 Å². The third-order valence-corrected chi connectivity index (χ3v) is 10.5. The molecule has 4 heterocycles. The first kappa shape index (κ1) is 31.1. The Morgan fingerprint density at radius 1 is 0.368 bits per heavy atom. The largest absolute Gasteiger partial charge is 0.436 e. The van der Waals surface area contributed by atoms with E-state index >= 15 is 0 Å². The molecule has 57 heavy (non-hydrogen) atoms. The lowest BCUT2D eigenvalue weighted by molar-refractivity contribution is 0.315. The normalized spacial score (nSPS) is 11.9. The van der Waals surface area contributed by atoms with Gasteiger partial charge >= 0.3 is 0 Å². The van der Waals surface area contributed by atoms with Gasteiger partial charge in [0.05, 0.1) is 17.1 Å². The number of aromatic nitrogens is 7. The van der Waals surface area contributed by atoms with Crippen molar-refractivity contribution in [3.05, 3.63) is 146 Å². The van der Waals surface area contributed by atoms with Crippen LogP contribution in [0.15, 0.2) is 164 Å². The zero-order chi connectivity index (χ0) is 37.5. The standard InChI is InChI=1S/C45H24N8O4/c1-2-7-28-23-31-24-30(17-16-29(31)22-27(28)6-1)33-19-21-38(44-41(33)49-57-52-44)53(36-10-5-9-35-42(36)50-55-47-35)37-20-18-32(40-43(37)51-56-48-40)25-12-14-26(15-13-25)45-46-34-8-3-4-11-39(34)54-45/h1-24H. The number of hydrogen-bond donors (Lipinski definition) is 0. The van der Waals surface area contributed by atoms with Crippen molar-refractivity contribution < 1.29 is 18.3 Å². The maximum absolute atomic E-state index is 6.01. The molecule has 0 saturated carbocycles. The molecule has 268 valence electrons. The Hall–Kier alpha value is -8.25. The van der Waals surface area contributed by atoms with E-state index in [1.54, 1.807) is 0 Å². The average Bonchev–Trinajstić information content (AvgIpc) is 4.10. The summed E-state index contributed by atoms with van der Waals surface area (Å²) in [6, 6.07) is 48.5. The van der Waals surface area contributed by atoms with Gasteiger partial charge in [0.1, 0.15) is 22.1 Å². The lowest BCUT2D eigenvalue weighted by Crippen LogP contribution is -2.12. The van der Waals surface area contributed by atoms with Gasteiger partial charge < -0.3 is 9.32 Å². The Labute approximate surface area is 320 Å². The van der Waals surface area contributed by atoms with Crippen LogP contribution in [-0.4, -0.2) is 35.9 Å². The first-order valence-corrected chi connectivity index (χ1v) is 18.1. The van der Waals surface area contributed by atoms with E-state index in [0.717, 1.165) is 49.7 Å². The topological polar surface area (TPSA) is 146 Å². The average molecular weight is 741 g/mol. The molecule has 0 radical (unpaired) electrons. The van der Waals surface area contributed by atoms with Gasteiger partial charge in [0.2, 0.25) is 5.89 Å². The highest BCUT2D eigenvalue weighted by Gasteiger charge is 2.27. The predicted molar refractivity (Wildman–Crippen MR) is 216 cm³/mol. The SMILES string of the molecule is c1ccc2cc3cc(-c4ccc(N(c5cccc6nonc56)c5ccc(-c6ccc(-c7nc8ccccc8o7)cc6)c6nonc56)c5nonc45)ccc3cc2c1. The van der Waals surface area contributed by atoms with E-state index in [-0.39, 0.29) is 0 Å². The molecule has 4 aromatic heterocycles. The fraction of sp³-hybridized carbons (Fsp3) is 0. The van der Waals surface area contributed by atoms with Crippen LogP contribution in [0.4, 0.5) is 17.1 Å². The molecule has 0 bridgehead atoms. The summed E-state index contributed by atoms with van der Waals surface area (Å²) in [4.78, 5) is 6.64. The molecule has 0 unspecified atom stereocenters. The van der Waals surface area contributed by atoms with Crippen molar-refractivity contribution in [3.8, 4) is 33.7 Å². The Balaban J connectivity index is 0.998. The summed E-state index contributed by atoms with van der Waals surface area (Å²) in [5, 5.41) is 30.8. The third kappa shape index (κ3) is 4.90. The smallest absolute Gasteiger partial charge is 0.227 e. The van der Waals surface area contributed by atoms with Crippen LogP contribution >= 0.6 is 0 Å². The molecule has 8 aromatic carbocycles. The van der Waals surface area contributed by atoms with Crippen LogP contribution in [0.1, 0.15) is 0 Å². The van der Waals surface area contributed by atoms with Gasteiger partial charge in [0.15, 0.2) is 22.1 Å². The number of hydrogen-bond acceptors (Lipinski definition) is 12. The molecular weight excluding hydrogens is 717 g/mol. The third-order valence-electron chi connectivity index (χ3n) is 10.5. The van der Waals surface area contributed by atoms with Gasteiger partial charge in [-0.25, -0.2) is 18.9 Å². The number of rotatable bonds is 6. The van der Waals surface area contributed by atoms with E-state index in [4.69, 9.17) is 18.3 Å². The molecule has 0 amide bonds. The summed E-state index contributed by atoms with van der Waals surface area (Å²) in [6.45, 7) is 0. The van der Waals surface area contributed by atoms with Crippen LogP contribution in [0.25, 0.3) is 99.5 Å². The Morgan fingerprint density at radius 2 is 0.930 bits per heavy atom.